The molecule has 74 valence electrons. The molecule has 0 saturated carbocycles. The van der Waals surface area contributed by atoms with Gasteiger partial charge in [0.1, 0.15) is 0 Å². The molecule has 0 aromatic rings. The van der Waals surface area contributed by atoms with Crippen molar-refractivity contribution in [2.24, 2.45) is 0 Å². The fourth-order valence-electron chi connectivity index (χ4n) is 0.466. The standard InChI is InChI=1S/C8H18O3P.K/c1-7(2,3)10-12(9)11-8(4,5)6;/h1-6H3;/q-1;+1. The molecule has 0 heterocycles. The Morgan fingerprint density at radius 2 is 1.08 bits per heavy atom. The van der Waals surface area contributed by atoms with Crippen LogP contribution < -0.4 is 56.3 Å². The van der Waals surface area contributed by atoms with Crippen LogP contribution in [0.5, 0.6) is 0 Å². The molecule has 0 amide bonds. The number of rotatable bonds is 2. The minimum atomic E-state index is -2.01. The average Bonchev–Trinajstić information content (AvgIpc) is 1.49. The molecule has 0 saturated heterocycles. The summed E-state index contributed by atoms with van der Waals surface area (Å²) in [5.74, 6) is 0. The summed E-state index contributed by atoms with van der Waals surface area (Å²) in [4.78, 5) is 11.2. The molecule has 3 nitrogen and oxygen atoms in total. The van der Waals surface area contributed by atoms with Gasteiger partial charge < -0.3 is 13.9 Å². The predicted octanol–water partition coefficient (Wildman–Crippen LogP) is -0.792. The van der Waals surface area contributed by atoms with Gasteiger partial charge in [-0.2, -0.15) is 0 Å². The molecule has 0 radical (unpaired) electrons. The first-order valence-electron chi connectivity index (χ1n) is 3.96. The summed E-state index contributed by atoms with van der Waals surface area (Å²) in [6, 6.07) is 0. The molecule has 0 aromatic heterocycles. The van der Waals surface area contributed by atoms with Gasteiger partial charge in [-0.15, -0.1) is 0 Å². The van der Waals surface area contributed by atoms with Gasteiger partial charge >= 0.3 is 51.4 Å². The van der Waals surface area contributed by atoms with E-state index in [1.165, 1.54) is 0 Å². The summed E-state index contributed by atoms with van der Waals surface area (Å²) in [5.41, 5.74) is -0.836. The smallest absolute Gasteiger partial charge is 0.786 e. The van der Waals surface area contributed by atoms with Crippen molar-refractivity contribution in [1.29, 1.82) is 0 Å². The van der Waals surface area contributed by atoms with Gasteiger partial charge in [-0.1, -0.05) is 0 Å². The summed E-state index contributed by atoms with van der Waals surface area (Å²) >= 11 is 0. The van der Waals surface area contributed by atoms with E-state index >= 15 is 0 Å². The molecule has 0 aromatic carbocycles. The first kappa shape index (κ1) is 17.3. The van der Waals surface area contributed by atoms with Gasteiger partial charge in [-0.25, -0.2) is 0 Å². The van der Waals surface area contributed by atoms with Crippen LogP contribution in [0.2, 0.25) is 0 Å². The van der Waals surface area contributed by atoms with Gasteiger partial charge in [-0.05, 0) is 41.5 Å². The van der Waals surface area contributed by atoms with Gasteiger partial charge in [0.25, 0.3) is 0 Å². The maximum absolute atomic E-state index is 11.2. The summed E-state index contributed by atoms with van der Waals surface area (Å²) in [6.45, 7) is 11.0. The molecule has 0 atom stereocenters. The zero-order valence-electron chi connectivity index (χ0n) is 9.67. The van der Waals surface area contributed by atoms with E-state index in [-0.39, 0.29) is 51.4 Å². The SMILES string of the molecule is CC(C)(C)OP([O-])OC(C)(C)C.[K+]. The van der Waals surface area contributed by atoms with Crippen LogP contribution >= 0.6 is 8.60 Å². The van der Waals surface area contributed by atoms with E-state index in [4.69, 9.17) is 9.05 Å². The Morgan fingerprint density at radius 3 is 1.23 bits per heavy atom. The van der Waals surface area contributed by atoms with Crippen LogP contribution in [0.25, 0.3) is 0 Å². The summed E-state index contributed by atoms with van der Waals surface area (Å²) in [7, 11) is -2.01. The number of hydrogen-bond donors (Lipinski definition) is 0. The molecule has 0 spiro atoms. The monoisotopic (exact) mass is 232 g/mol. The Bertz CT molecular complexity index is 123. The first-order valence-corrected chi connectivity index (χ1v) is 5.05. The summed E-state index contributed by atoms with van der Waals surface area (Å²) in [6.07, 6.45) is 0. The molecule has 0 N–H and O–H groups in total. The van der Waals surface area contributed by atoms with Gasteiger partial charge in [-0.3, -0.25) is 0 Å². The first-order chi connectivity index (χ1) is 5.10. The third-order valence-corrected chi connectivity index (χ3v) is 2.09. The van der Waals surface area contributed by atoms with Crippen molar-refractivity contribution in [1.82, 2.24) is 0 Å². The van der Waals surface area contributed by atoms with Crippen LogP contribution in [-0.2, 0) is 9.05 Å². The average molecular weight is 232 g/mol. The summed E-state index contributed by atoms with van der Waals surface area (Å²) in [5, 5.41) is 0. The molecule has 0 aliphatic carbocycles. The van der Waals surface area contributed by atoms with Crippen LogP contribution in [0.3, 0.4) is 0 Å². The quantitative estimate of drug-likeness (QED) is 0.463. The molecule has 13 heavy (non-hydrogen) atoms. The Hall–Kier alpha value is 1.95. The Morgan fingerprint density at radius 1 is 0.846 bits per heavy atom. The van der Waals surface area contributed by atoms with Crippen molar-refractivity contribution in [3.05, 3.63) is 0 Å². The molecular weight excluding hydrogens is 214 g/mol. The van der Waals surface area contributed by atoms with Gasteiger partial charge in [0.2, 0.25) is 0 Å². The molecule has 0 unspecified atom stereocenters. The van der Waals surface area contributed by atoms with E-state index in [2.05, 4.69) is 0 Å². The van der Waals surface area contributed by atoms with E-state index in [0.29, 0.717) is 0 Å². The van der Waals surface area contributed by atoms with E-state index in [1.807, 2.05) is 41.5 Å². The topological polar surface area (TPSA) is 41.5 Å². The van der Waals surface area contributed by atoms with E-state index in [0.717, 1.165) is 0 Å². The second-order valence-electron chi connectivity index (χ2n) is 4.63. The maximum atomic E-state index is 11.2. The van der Waals surface area contributed by atoms with Crippen LogP contribution in [0.15, 0.2) is 0 Å². The van der Waals surface area contributed by atoms with Crippen LogP contribution in [0, 0.1) is 0 Å². The van der Waals surface area contributed by atoms with Crippen molar-refractivity contribution >= 4 is 8.60 Å². The van der Waals surface area contributed by atoms with Gasteiger partial charge in [0, 0.05) is 0 Å². The third-order valence-electron chi connectivity index (χ3n) is 0.697. The van der Waals surface area contributed by atoms with Crippen LogP contribution in [-0.4, -0.2) is 11.2 Å². The van der Waals surface area contributed by atoms with E-state index in [1.54, 1.807) is 0 Å². The molecule has 0 aliphatic rings. The zero-order chi connectivity index (χ0) is 9.99. The molecular formula is C8H18KO3P. The fraction of sp³-hybridized carbons (Fsp3) is 1.00. The Labute approximate surface area is 125 Å². The second-order valence-corrected chi connectivity index (χ2v) is 5.44. The zero-order valence-corrected chi connectivity index (χ0v) is 13.7. The van der Waals surface area contributed by atoms with Crippen LogP contribution in [0.1, 0.15) is 41.5 Å². The fourth-order valence-corrected chi connectivity index (χ4v) is 1.40. The minimum Gasteiger partial charge on any atom is -0.786 e. The molecule has 0 bridgehead atoms. The van der Waals surface area contributed by atoms with Crippen molar-refractivity contribution in [2.75, 3.05) is 0 Å². The molecule has 0 aliphatic heterocycles. The molecule has 0 fully saturated rings. The third kappa shape index (κ3) is 13.9. The summed E-state index contributed by atoms with van der Waals surface area (Å²) < 4.78 is 10.2. The van der Waals surface area contributed by atoms with E-state index in [9.17, 15) is 4.89 Å². The van der Waals surface area contributed by atoms with Crippen molar-refractivity contribution in [2.45, 2.75) is 52.7 Å². The normalized spacial score (nSPS) is 12.9. The Kier molecular flexibility index (Phi) is 8.69. The van der Waals surface area contributed by atoms with Gasteiger partial charge in [0.05, 0.1) is 19.8 Å². The second kappa shape index (κ2) is 6.51. The largest absolute Gasteiger partial charge is 1.00 e. The van der Waals surface area contributed by atoms with Crippen molar-refractivity contribution < 1.29 is 65.3 Å². The Balaban J connectivity index is 0. The van der Waals surface area contributed by atoms with E-state index < -0.39 is 19.8 Å². The van der Waals surface area contributed by atoms with Gasteiger partial charge in [0.15, 0.2) is 0 Å². The maximum Gasteiger partial charge on any atom is 1.00 e. The predicted molar refractivity (Wildman–Crippen MR) is 48.6 cm³/mol. The molecule has 0 rings (SSSR count). The minimum absolute atomic E-state index is 0. The van der Waals surface area contributed by atoms with Crippen molar-refractivity contribution in [3.63, 3.8) is 0 Å². The molecule has 5 heteroatoms. The number of hydrogen-bond acceptors (Lipinski definition) is 3. The van der Waals surface area contributed by atoms with Crippen molar-refractivity contribution in [3.8, 4) is 0 Å². The van der Waals surface area contributed by atoms with Crippen LogP contribution in [0.4, 0.5) is 0 Å².